The van der Waals surface area contributed by atoms with Gasteiger partial charge in [-0.3, -0.25) is 9.59 Å². The molecule has 20 heavy (non-hydrogen) atoms. The number of nitrogens with two attached hydrogens (primary N) is 1. The summed E-state index contributed by atoms with van der Waals surface area (Å²) < 4.78 is 5.17. The summed E-state index contributed by atoms with van der Waals surface area (Å²) in [6.45, 7) is 2.11. The molecular formula is C15H14N2O3. The fraction of sp³-hybridized carbons (Fsp3) is 0.200. The average molecular weight is 270 g/mol. The summed E-state index contributed by atoms with van der Waals surface area (Å²) in [6.07, 6.45) is 0.735. The molecule has 1 aliphatic heterocycles. The molecule has 2 aromatic rings. The van der Waals surface area contributed by atoms with E-state index in [-0.39, 0.29) is 23.3 Å². The van der Waals surface area contributed by atoms with Gasteiger partial charge in [0.2, 0.25) is 0 Å². The number of Topliss-reactive ketones (excluding diaryl/α,β-unsaturated/α-hetero) is 1. The van der Waals surface area contributed by atoms with Crippen molar-refractivity contribution in [3.8, 4) is 0 Å². The number of furan rings is 1. The molecule has 1 aliphatic rings. The lowest BCUT2D eigenvalue weighted by molar-refractivity contribution is 0.0963. The van der Waals surface area contributed by atoms with Crippen molar-refractivity contribution in [3.05, 3.63) is 47.2 Å². The number of rotatable bonds is 2. The van der Waals surface area contributed by atoms with E-state index in [1.807, 2.05) is 12.1 Å². The molecule has 2 N–H and O–H groups in total. The summed E-state index contributed by atoms with van der Waals surface area (Å²) in [7, 11) is 0. The molecule has 0 bridgehead atoms. The standard InChI is InChI=1S/C15H14N2O3/c1-9(18)10-2-3-12-11(8-10)6-7-17(12)15(19)13-4-5-14(16)20-13/h2-5,8H,6-7,16H2,1H3. The minimum absolute atomic E-state index is 0.0244. The maximum atomic E-state index is 12.4. The van der Waals surface area contributed by atoms with Crippen LogP contribution in [-0.2, 0) is 6.42 Å². The van der Waals surface area contributed by atoms with E-state index < -0.39 is 0 Å². The van der Waals surface area contributed by atoms with Crippen LogP contribution in [0.1, 0.15) is 33.4 Å². The van der Waals surface area contributed by atoms with Crippen LogP contribution in [0.15, 0.2) is 34.7 Å². The SMILES string of the molecule is CC(=O)c1ccc2c(c1)CCN2C(=O)c1ccc(N)o1. The van der Waals surface area contributed by atoms with Gasteiger partial charge in [0.1, 0.15) is 0 Å². The molecule has 5 heteroatoms. The van der Waals surface area contributed by atoms with Gasteiger partial charge in [0, 0.05) is 23.9 Å². The summed E-state index contributed by atoms with van der Waals surface area (Å²) in [5.74, 6) is 0.262. The van der Waals surface area contributed by atoms with Gasteiger partial charge in [-0.25, -0.2) is 0 Å². The normalized spacial score (nSPS) is 13.3. The lowest BCUT2D eigenvalue weighted by Crippen LogP contribution is -2.28. The summed E-state index contributed by atoms with van der Waals surface area (Å²) in [6, 6.07) is 8.52. The summed E-state index contributed by atoms with van der Waals surface area (Å²) in [4.78, 5) is 25.4. The molecule has 0 aliphatic carbocycles. The predicted molar refractivity (Wildman–Crippen MR) is 74.9 cm³/mol. The van der Waals surface area contributed by atoms with Crippen LogP contribution in [-0.4, -0.2) is 18.2 Å². The molecule has 0 spiro atoms. The van der Waals surface area contributed by atoms with Crippen LogP contribution in [0.4, 0.5) is 11.6 Å². The smallest absolute Gasteiger partial charge is 0.294 e. The van der Waals surface area contributed by atoms with Crippen LogP contribution in [0.3, 0.4) is 0 Å². The molecule has 0 saturated carbocycles. The Morgan fingerprint density at radius 1 is 1.25 bits per heavy atom. The van der Waals surface area contributed by atoms with E-state index in [0.717, 1.165) is 17.7 Å². The summed E-state index contributed by atoms with van der Waals surface area (Å²) in [5.41, 5.74) is 7.99. The van der Waals surface area contributed by atoms with Crippen molar-refractivity contribution in [2.75, 3.05) is 17.2 Å². The van der Waals surface area contributed by atoms with Gasteiger partial charge in [-0.15, -0.1) is 0 Å². The van der Waals surface area contributed by atoms with Crippen molar-refractivity contribution < 1.29 is 14.0 Å². The second-order valence-electron chi connectivity index (χ2n) is 4.81. The van der Waals surface area contributed by atoms with Gasteiger partial charge in [-0.05, 0) is 43.2 Å². The molecule has 1 amide bonds. The maximum Gasteiger partial charge on any atom is 0.294 e. The van der Waals surface area contributed by atoms with Crippen molar-refractivity contribution in [1.29, 1.82) is 0 Å². The monoisotopic (exact) mass is 270 g/mol. The van der Waals surface area contributed by atoms with Gasteiger partial charge in [0.05, 0.1) is 0 Å². The zero-order chi connectivity index (χ0) is 14.3. The highest BCUT2D eigenvalue weighted by Gasteiger charge is 2.27. The van der Waals surface area contributed by atoms with Gasteiger partial charge in [-0.2, -0.15) is 0 Å². The Kier molecular flexibility index (Phi) is 2.82. The van der Waals surface area contributed by atoms with E-state index in [4.69, 9.17) is 10.2 Å². The first-order valence-corrected chi connectivity index (χ1v) is 6.37. The van der Waals surface area contributed by atoms with Crippen LogP contribution < -0.4 is 10.6 Å². The Hall–Kier alpha value is -2.56. The molecule has 0 atom stereocenters. The highest BCUT2D eigenvalue weighted by atomic mass is 16.4. The molecular weight excluding hydrogens is 256 g/mol. The number of carbonyl (C=O) groups excluding carboxylic acids is 2. The first kappa shape index (κ1) is 12.5. The van der Waals surface area contributed by atoms with Crippen LogP contribution in [0, 0.1) is 0 Å². The molecule has 1 aromatic carbocycles. The van der Waals surface area contributed by atoms with Crippen molar-refractivity contribution >= 4 is 23.3 Å². The molecule has 3 rings (SSSR count). The fourth-order valence-corrected chi connectivity index (χ4v) is 2.43. The van der Waals surface area contributed by atoms with E-state index in [1.165, 1.54) is 6.92 Å². The number of nitrogen functional groups attached to an aromatic ring is 1. The van der Waals surface area contributed by atoms with Gasteiger partial charge in [0.15, 0.2) is 17.4 Å². The third-order valence-corrected chi connectivity index (χ3v) is 3.46. The minimum Gasteiger partial charge on any atom is -0.436 e. The first-order valence-electron chi connectivity index (χ1n) is 6.37. The second kappa shape index (κ2) is 4.52. The molecule has 1 aromatic heterocycles. The third-order valence-electron chi connectivity index (χ3n) is 3.46. The van der Waals surface area contributed by atoms with Crippen LogP contribution in [0.2, 0.25) is 0 Å². The lowest BCUT2D eigenvalue weighted by Gasteiger charge is -2.15. The Morgan fingerprint density at radius 3 is 2.70 bits per heavy atom. The van der Waals surface area contributed by atoms with Crippen LogP contribution in [0.5, 0.6) is 0 Å². The van der Waals surface area contributed by atoms with Crippen LogP contribution in [0.25, 0.3) is 0 Å². The number of fused-ring (bicyclic) bond motifs is 1. The Morgan fingerprint density at radius 2 is 2.05 bits per heavy atom. The lowest BCUT2D eigenvalue weighted by atomic mass is 10.1. The largest absolute Gasteiger partial charge is 0.436 e. The molecule has 102 valence electrons. The first-order chi connectivity index (χ1) is 9.56. The molecule has 2 heterocycles. The van der Waals surface area contributed by atoms with E-state index in [2.05, 4.69) is 0 Å². The van der Waals surface area contributed by atoms with Crippen LogP contribution >= 0.6 is 0 Å². The number of ketones is 1. The molecule has 5 nitrogen and oxygen atoms in total. The number of anilines is 2. The number of carbonyl (C=O) groups is 2. The molecule has 0 radical (unpaired) electrons. The number of nitrogens with zero attached hydrogens (tertiary/aromatic N) is 1. The third kappa shape index (κ3) is 1.97. The van der Waals surface area contributed by atoms with Gasteiger partial charge in [0.25, 0.3) is 5.91 Å². The van der Waals surface area contributed by atoms with Crippen molar-refractivity contribution in [2.24, 2.45) is 0 Å². The maximum absolute atomic E-state index is 12.4. The fourth-order valence-electron chi connectivity index (χ4n) is 2.43. The van der Waals surface area contributed by atoms with Gasteiger partial charge in [-0.1, -0.05) is 0 Å². The minimum atomic E-state index is -0.212. The van der Waals surface area contributed by atoms with E-state index >= 15 is 0 Å². The summed E-state index contributed by atoms with van der Waals surface area (Å²) in [5, 5.41) is 0. The van der Waals surface area contributed by atoms with E-state index in [9.17, 15) is 9.59 Å². The van der Waals surface area contributed by atoms with Crippen molar-refractivity contribution in [2.45, 2.75) is 13.3 Å². The van der Waals surface area contributed by atoms with Gasteiger partial charge >= 0.3 is 0 Å². The number of hydrogen-bond donors (Lipinski definition) is 1. The van der Waals surface area contributed by atoms with E-state index in [0.29, 0.717) is 12.1 Å². The zero-order valence-electron chi connectivity index (χ0n) is 11.1. The van der Waals surface area contributed by atoms with Crippen molar-refractivity contribution in [1.82, 2.24) is 0 Å². The molecule has 0 fully saturated rings. The molecule has 0 unspecified atom stereocenters. The zero-order valence-corrected chi connectivity index (χ0v) is 11.1. The van der Waals surface area contributed by atoms with Gasteiger partial charge < -0.3 is 15.1 Å². The topological polar surface area (TPSA) is 76.5 Å². The van der Waals surface area contributed by atoms with Crippen molar-refractivity contribution in [3.63, 3.8) is 0 Å². The Balaban J connectivity index is 1.93. The summed E-state index contributed by atoms with van der Waals surface area (Å²) >= 11 is 0. The number of amides is 1. The Bertz CT molecular complexity index is 703. The van der Waals surface area contributed by atoms with E-state index in [1.54, 1.807) is 23.1 Å². The predicted octanol–water partition coefficient (Wildman–Crippen LogP) is 2.27. The Labute approximate surface area is 116 Å². The second-order valence-corrected chi connectivity index (χ2v) is 4.81. The quantitative estimate of drug-likeness (QED) is 0.849. The number of benzene rings is 1. The average Bonchev–Trinajstić information content (AvgIpc) is 3.03. The highest BCUT2D eigenvalue weighted by molar-refractivity contribution is 6.06. The number of hydrogen-bond acceptors (Lipinski definition) is 4. The highest BCUT2D eigenvalue weighted by Crippen LogP contribution is 2.30. The molecule has 0 saturated heterocycles.